The van der Waals surface area contributed by atoms with E-state index >= 15 is 0 Å². The molecular formula is C12H14FNO2. The standard InChI is InChI=1S/C12H14FNO2/c13-10-3-1-9(2-4-10)11(14)7-12(8-11)15-5-6-16-12/h1-4H,5-8,14H2. The number of hydrogen-bond acceptors (Lipinski definition) is 3. The molecular weight excluding hydrogens is 209 g/mol. The highest BCUT2D eigenvalue weighted by molar-refractivity contribution is 5.29. The summed E-state index contributed by atoms with van der Waals surface area (Å²) < 4.78 is 23.9. The topological polar surface area (TPSA) is 44.5 Å². The maximum atomic E-state index is 12.8. The van der Waals surface area contributed by atoms with Gasteiger partial charge in [0.05, 0.1) is 18.8 Å². The van der Waals surface area contributed by atoms with Gasteiger partial charge in [-0.2, -0.15) is 0 Å². The summed E-state index contributed by atoms with van der Waals surface area (Å²) in [5, 5.41) is 0. The number of benzene rings is 1. The van der Waals surface area contributed by atoms with Crippen LogP contribution in [0.4, 0.5) is 4.39 Å². The molecule has 1 saturated carbocycles. The van der Waals surface area contributed by atoms with Crippen LogP contribution in [0.2, 0.25) is 0 Å². The maximum absolute atomic E-state index is 12.8. The summed E-state index contributed by atoms with van der Waals surface area (Å²) in [5.74, 6) is -0.710. The predicted octanol–water partition coefficient (Wildman–Crippen LogP) is 1.52. The second-order valence-electron chi connectivity index (χ2n) is 4.62. The van der Waals surface area contributed by atoms with Gasteiger partial charge in [-0.25, -0.2) is 4.39 Å². The van der Waals surface area contributed by atoms with Crippen molar-refractivity contribution < 1.29 is 13.9 Å². The summed E-state index contributed by atoms with van der Waals surface area (Å²) in [4.78, 5) is 0. The van der Waals surface area contributed by atoms with Crippen LogP contribution in [0.1, 0.15) is 18.4 Å². The van der Waals surface area contributed by atoms with E-state index in [4.69, 9.17) is 15.2 Å². The van der Waals surface area contributed by atoms with Gasteiger partial charge in [0.1, 0.15) is 5.82 Å². The molecule has 1 aromatic rings. The average Bonchev–Trinajstić information content (AvgIpc) is 2.66. The van der Waals surface area contributed by atoms with Crippen LogP contribution in [0.3, 0.4) is 0 Å². The SMILES string of the molecule is NC1(c2ccc(F)cc2)CC2(C1)OCCO2. The van der Waals surface area contributed by atoms with Crippen molar-refractivity contribution in [2.75, 3.05) is 13.2 Å². The highest BCUT2D eigenvalue weighted by Gasteiger charge is 2.57. The molecule has 3 nitrogen and oxygen atoms in total. The summed E-state index contributed by atoms with van der Waals surface area (Å²) >= 11 is 0. The lowest BCUT2D eigenvalue weighted by molar-refractivity contribution is -0.239. The Kier molecular flexibility index (Phi) is 2.08. The normalized spacial score (nSPS) is 25.6. The minimum absolute atomic E-state index is 0.241. The van der Waals surface area contributed by atoms with E-state index < -0.39 is 11.3 Å². The van der Waals surface area contributed by atoms with Gasteiger partial charge in [-0.05, 0) is 17.7 Å². The first-order valence-electron chi connectivity index (χ1n) is 5.45. The summed E-state index contributed by atoms with van der Waals surface area (Å²) in [6.45, 7) is 1.28. The van der Waals surface area contributed by atoms with Crippen LogP contribution >= 0.6 is 0 Å². The Hall–Kier alpha value is -0.970. The van der Waals surface area contributed by atoms with Crippen LogP contribution in [0.25, 0.3) is 0 Å². The molecule has 4 heteroatoms. The fourth-order valence-electron chi connectivity index (χ4n) is 2.60. The zero-order valence-corrected chi connectivity index (χ0v) is 8.91. The Labute approximate surface area is 93.3 Å². The third-order valence-corrected chi connectivity index (χ3v) is 3.40. The highest BCUT2D eigenvalue weighted by atomic mass is 19.1. The van der Waals surface area contributed by atoms with Crippen LogP contribution in [0.5, 0.6) is 0 Å². The number of nitrogens with two attached hydrogens (primary N) is 1. The van der Waals surface area contributed by atoms with Gasteiger partial charge in [-0.1, -0.05) is 12.1 Å². The third-order valence-electron chi connectivity index (χ3n) is 3.40. The van der Waals surface area contributed by atoms with Gasteiger partial charge in [0.15, 0.2) is 5.79 Å². The van der Waals surface area contributed by atoms with E-state index in [9.17, 15) is 4.39 Å². The summed E-state index contributed by atoms with van der Waals surface area (Å²) in [5.41, 5.74) is 6.76. The molecule has 2 fully saturated rings. The van der Waals surface area contributed by atoms with Gasteiger partial charge in [0.25, 0.3) is 0 Å². The molecule has 2 N–H and O–H groups in total. The number of ether oxygens (including phenoxy) is 2. The molecule has 86 valence electrons. The van der Waals surface area contributed by atoms with Gasteiger partial charge in [-0.3, -0.25) is 0 Å². The quantitative estimate of drug-likeness (QED) is 0.785. The van der Waals surface area contributed by atoms with Crippen molar-refractivity contribution in [3.05, 3.63) is 35.6 Å². The molecule has 1 spiro atoms. The van der Waals surface area contributed by atoms with Crippen molar-refractivity contribution in [2.24, 2.45) is 5.73 Å². The Morgan fingerprint density at radius 2 is 1.62 bits per heavy atom. The van der Waals surface area contributed by atoms with Gasteiger partial charge < -0.3 is 15.2 Å². The first kappa shape index (κ1) is 10.2. The highest BCUT2D eigenvalue weighted by Crippen LogP contribution is 2.50. The van der Waals surface area contributed by atoms with Crippen LogP contribution in [0.15, 0.2) is 24.3 Å². The molecule has 0 amide bonds. The monoisotopic (exact) mass is 223 g/mol. The van der Waals surface area contributed by atoms with Crippen LogP contribution in [-0.4, -0.2) is 19.0 Å². The van der Waals surface area contributed by atoms with E-state index in [1.807, 2.05) is 0 Å². The summed E-state index contributed by atoms with van der Waals surface area (Å²) in [6, 6.07) is 6.34. The van der Waals surface area contributed by atoms with E-state index in [2.05, 4.69) is 0 Å². The third kappa shape index (κ3) is 1.45. The average molecular weight is 223 g/mol. The lowest BCUT2D eigenvalue weighted by atomic mass is 9.68. The second kappa shape index (κ2) is 3.26. The molecule has 1 heterocycles. The fourth-order valence-corrected chi connectivity index (χ4v) is 2.60. The minimum Gasteiger partial charge on any atom is -0.347 e. The Morgan fingerprint density at radius 1 is 1.06 bits per heavy atom. The second-order valence-corrected chi connectivity index (χ2v) is 4.62. The van der Waals surface area contributed by atoms with Crippen LogP contribution in [-0.2, 0) is 15.0 Å². The molecule has 3 rings (SSSR count). The largest absolute Gasteiger partial charge is 0.347 e. The minimum atomic E-state index is -0.469. The predicted molar refractivity (Wildman–Crippen MR) is 56.1 cm³/mol. The molecule has 0 aromatic heterocycles. The number of halogens is 1. The van der Waals surface area contributed by atoms with Crippen molar-refractivity contribution >= 4 is 0 Å². The Morgan fingerprint density at radius 3 is 2.19 bits per heavy atom. The molecule has 0 bridgehead atoms. The smallest absolute Gasteiger partial charge is 0.172 e. The van der Waals surface area contributed by atoms with Crippen molar-refractivity contribution in [3.8, 4) is 0 Å². The van der Waals surface area contributed by atoms with Gasteiger partial charge >= 0.3 is 0 Å². The van der Waals surface area contributed by atoms with Crippen LogP contribution < -0.4 is 5.73 Å². The molecule has 2 aliphatic rings. The van der Waals surface area contributed by atoms with Gasteiger partial charge in [0.2, 0.25) is 0 Å². The van der Waals surface area contributed by atoms with Crippen molar-refractivity contribution in [2.45, 2.75) is 24.2 Å². The number of hydrogen-bond donors (Lipinski definition) is 1. The van der Waals surface area contributed by atoms with E-state index in [0.717, 1.165) is 5.56 Å². The Bertz CT molecular complexity index is 390. The first-order valence-corrected chi connectivity index (χ1v) is 5.45. The van der Waals surface area contributed by atoms with Crippen molar-refractivity contribution in [3.63, 3.8) is 0 Å². The summed E-state index contributed by atoms with van der Waals surface area (Å²) in [6.07, 6.45) is 1.29. The molecule has 1 aliphatic heterocycles. The molecule has 16 heavy (non-hydrogen) atoms. The van der Waals surface area contributed by atoms with Crippen molar-refractivity contribution in [1.82, 2.24) is 0 Å². The zero-order chi connectivity index (χ0) is 11.2. The maximum Gasteiger partial charge on any atom is 0.172 e. The summed E-state index contributed by atoms with van der Waals surface area (Å²) in [7, 11) is 0. The van der Waals surface area contributed by atoms with E-state index in [-0.39, 0.29) is 5.82 Å². The number of rotatable bonds is 1. The molecule has 1 aromatic carbocycles. The first-order chi connectivity index (χ1) is 7.62. The Balaban J connectivity index is 1.79. The van der Waals surface area contributed by atoms with E-state index in [1.165, 1.54) is 12.1 Å². The van der Waals surface area contributed by atoms with Crippen molar-refractivity contribution in [1.29, 1.82) is 0 Å². The van der Waals surface area contributed by atoms with E-state index in [1.54, 1.807) is 12.1 Å². The van der Waals surface area contributed by atoms with Gasteiger partial charge in [0, 0.05) is 12.8 Å². The van der Waals surface area contributed by atoms with Crippen LogP contribution in [0, 0.1) is 5.82 Å². The molecule has 0 atom stereocenters. The lowest BCUT2D eigenvalue weighted by Gasteiger charge is -2.50. The molecule has 1 saturated heterocycles. The van der Waals surface area contributed by atoms with Gasteiger partial charge in [-0.15, -0.1) is 0 Å². The molecule has 0 radical (unpaired) electrons. The molecule has 1 aliphatic carbocycles. The molecule has 0 unspecified atom stereocenters. The zero-order valence-electron chi connectivity index (χ0n) is 8.91. The van der Waals surface area contributed by atoms with E-state index in [0.29, 0.717) is 26.1 Å². The fraction of sp³-hybridized carbons (Fsp3) is 0.500. The lowest BCUT2D eigenvalue weighted by Crippen LogP contribution is -2.60.